The molecule has 0 unspecified atom stereocenters. The van der Waals surface area contributed by atoms with Crippen LogP contribution in [0, 0.1) is 3.57 Å². The van der Waals surface area contributed by atoms with E-state index in [4.69, 9.17) is 4.74 Å². The molecule has 0 saturated heterocycles. The number of carbonyl (C=O) groups is 1. The number of cyclic esters (lactones) is 1. The van der Waals surface area contributed by atoms with Gasteiger partial charge in [0.15, 0.2) is 5.70 Å². The van der Waals surface area contributed by atoms with Crippen molar-refractivity contribution in [2.24, 2.45) is 4.99 Å². The van der Waals surface area contributed by atoms with Crippen LogP contribution in [0.3, 0.4) is 0 Å². The van der Waals surface area contributed by atoms with Crippen LogP contribution >= 0.6 is 38.5 Å². The summed E-state index contributed by atoms with van der Waals surface area (Å²) in [5, 5.41) is 0. The molecule has 2 aromatic carbocycles. The maximum Gasteiger partial charge on any atom is 0.363 e. The summed E-state index contributed by atoms with van der Waals surface area (Å²) in [6.07, 6.45) is 1.73. The van der Waals surface area contributed by atoms with Crippen LogP contribution in [0.4, 0.5) is 0 Å². The first kappa shape index (κ1) is 14.5. The molecule has 0 aliphatic carbocycles. The first-order valence-electron chi connectivity index (χ1n) is 6.16. The van der Waals surface area contributed by atoms with E-state index in [2.05, 4.69) is 43.5 Å². The van der Waals surface area contributed by atoms with Crippen molar-refractivity contribution < 1.29 is 9.53 Å². The van der Waals surface area contributed by atoms with E-state index in [1.165, 1.54) is 0 Å². The van der Waals surface area contributed by atoms with E-state index >= 15 is 0 Å². The molecule has 3 rings (SSSR count). The summed E-state index contributed by atoms with van der Waals surface area (Å²) in [6, 6.07) is 15.3. The first-order valence-corrected chi connectivity index (χ1v) is 8.04. The quantitative estimate of drug-likeness (QED) is 0.384. The van der Waals surface area contributed by atoms with Crippen LogP contribution < -0.4 is 0 Å². The van der Waals surface area contributed by atoms with Gasteiger partial charge in [0.1, 0.15) is 0 Å². The molecule has 0 atom stereocenters. The summed E-state index contributed by atoms with van der Waals surface area (Å²) in [7, 11) is 0. The molecular weight excluding hydrogens is 445 g/mol. The Hall–Kier alpha value is -1.47. The largest absolute Gasteiger partial charge is 0.402 e. The molecule has 0 aromatic heterocycles. The Morgan fingerprint density at radius 3 is 2.71 bits per heavy atom. The number of hydrogen-bond acceptors (Lipinski definition) is 3. The number of ether oxygens (including phenoxy) is 1. The minimum atomic E-state index is -0.431. The van der Waals surface area contributed by atoms with Crippen LogP contribution in [-0.2, 0) is 9.53 Å². The van der Waals surface area contributed by atoms with Crippen molar-refractivity contribution >= 4 is 56.5 Å². The lowest BCUT2D eigenvalue weighted by atomic mass is 10.2. The Bertz CT molecular complexity index is 783. The van der Waals surface area contributed by atoms with Crippen LogP contribution in [0.15, 0.2) is 63.7 Å². The summed E-state index contributed by atoms with van der Waals surface area (Å²) in [6.45, 7) is 0. The Morgan fingerprint density at radius 2 is 1.95 bits per heavy atom. The number of esters is 1. The fourth-order valence-electron chi connectivity index (χ4n) is 1.91. The van der Waals surface area contributed by atoms with Gasteiger partial charge in [-0.3, -0.25) is 0 Å². The Labute approximate surface area is 144 Å². The number of carbonyl (C=O) groups excluding carboxylic acids is 1. The maximum absolute atomic E-state index is 11.9. The van der Waals surface area contributed by atoms with E-state index in [1.807, 2.05) is 48.5 Å². The summed E-state index contributed by atoms with van der Waals surface area (Å²) < 4.78 is 7.19. The van der Waals surface area contributed by atoms with Crippen molar-refractivity contribution in [3.05, 3.63) is 73.4 Å². The lowest BCUT2D eigenvalue weighted by molar-refractivity contribution is -0.129. The zero-order chi connectivity index (χ0) is 14.8. The molecule has 0 bridgehead atoms. The zero-order valence-corrected chi connectivity index (χ0v) is 14.5. The van der Waals surface area contributed by atoms with Gasteiger partial charge in [-0.15, -0.1) is 0 Å². The second kappa shape index (κ2) is 6.11. The van der Waals surface area contributed by atoms with Crippen LogP contribution in [0.1, 0.15) is 11.1 Å². The zero-order valence-electron chi connectivity index (χ0n) is 10.7. The Kier molecular flexibility index (Phi) is 4.21. The van der Waals surface area contributed by atoms with Gasteiger partial charge in [0.05, 0.1) is 5.56 Å². The molecule has 5 heteroatoms. The second-order valence-corrected chi connectivity index (χ2v) is 6.47. The molecule has 0 spiro atoms. The summed E-state index contributed by atoms with van der Waals surface area (Å²) in [5.74, 6) is -0.107. The minimum Gasteiger partial charge on any atom is -0.402 e. The lowest BCUT2D eigenvalue weighted by Crippen LogP contribution is -2.05. The highest BCUT2D eigenvalue weighted by molar-refractivity contribution is 14.1. The fourth-order valence-corrected chi connectivity index (χ4v) is 2.93. The molecule has 1 aliphatic heterocycles. The third kappa shape index (κ3) is 3.24. The topological polar surface area (TPSA) is 38.7 Å². The Morgan fingerprint density at radius 1 is 1.14 bits per heavy atom. The molecule has 104 valence electrons. The minimum absolute atomic E-state index is 0.308. The fraction of sp³-hybridized carbons (Fsp3) is 0. The highest BCUT2D eigenvalue weighted by atomic mass is 127. The third-order valence-corrected chi connectivity index (χ3v) is 4.24. The van der Waals surface area contributed by atoms with Crippen molar-refractivity contribution in [2.45, 2.75) is 0 Å². The predicted octanol–water partition coefficient (Wildman–Crippen LogP) is 4.40. The predicted molar refractivity (Wildman–Crippen MR) is 93.9 cm³/mol. The van der Waals surface area contributed by atoms with Gasteiger partial charge in [0.2, 0.25) is 5.90 Å². The van der Waals surface area contributed by atoms with Crippen LogP contribution in [0.25, 0.3) is 6.08 Å². The normalized spacial score (nSPS) is 16.0. The molecule has 3 nitrogen and oxygen atoms in total. The molecule has 2 aromatic rings. The number of benzene rings is 2. The van der Waals surface area contributed by atoms with E-state index in [9.17, 15) is 4.79 Å². The van der Waals surface area contributed by atoms with Gasteiger partial charge in [-0.25, -0.2) is 9.79 Å². The van der Waals surface area contributed by atoms with Crippen LogP contribution in [0.2, 0.25) is 0 Å². The van der Waals surface area contributed by atoms with Gasteiger partial charge in [-0.1, -0.05) is 24.3 Å². The number of nitrogens with zero attached hydrogens (tertiary/aromatic N) is 1. The average Bonchev–Trinajstić information content (AvgIpc) is 2.80. The van der Waals surface area contributed by atoms with Crippen molar-refractivity contribution in [2.75, 3.05) is 0 Å². The number of halogens is 2. The molecule has 21 heavy (non-hydrogen) atoms. The van der Waals surface area contributed by atoms with Gasteiger partial charge < -0.3 is 4.74 Å². The maximum atomic E-state index is 11.9. The molecule has 0 saturated carbocycles. The van der Waals surface area contributed by atoms with E-state index in [0.29, 0.717) is 11.6 Å². The van der Waals surface area contributed by atoms with Crippen molar-refractivity contribution in [3.63, 3.8) is 0 Å². The standard InChI is InChI=1S/C16H9BrINO2/c17-13-7-2-1-6-12(13)15-19-14(16(20)21-15)9-10-4-3-5-11(18)8-10/h1-9H. The molecule has 0 radical (unpaired) electrons. The Balaban J connectivity index is 1.98. The molecule has 1 aliphatic rings. The molecule has 0 N–H and O–H groups in total. The van der Waals surface area contributed by atoms with Gasteiger partial charge >= 0.3 is 5.97 Å². The van der Waals surface area contributed by atoms with Gasteiger partial charge in [-0.05, 0) is 74.4 Å². The molecule has 0 amide bonds. The highest BCUT2D eigenvalue weighted by Gasteiger charge is 2.25. The third-order valence-electron chi connectivity index (χ3n) is 2.88. The second-order valence-electron chi connectivity index (χ2n) is 4.37. The molecular formula is C16H9BrINO2. The van der Waals surface area contributed by atoms with Gasteiger partial charge in [0, 0.05) is 8.04 Å². The summed E-state index contributed by atoms with van der Waals surface area (Å²) in [5.41, 5.74) is 1.99. The van der Waals surface area contributed by atoms with Crippen molar-refractivity contribution in [3.8, 4) is 0 Å². The molecule has 0 fully saturated rings. The van der Waals surface area contributed by atoms with Gasteiger partial charge in [0.25, 0.3) is 0 Å². The van der Waals surface area contributed by atoms with E-state index in [-0.39, 0.29) is 0 Å². The van der Waals surface area contributed by atoms with Crippen LogP contribution in [0.5, 0.6) is 0 Å². The summed E-state index contributed by atoms with van der Waals surface area (Å²) >= 11 is 5.66. The van der Waals surface area contributed by atoms with Gasteiger partial charge in [-0.2, -0.15) is 0 Å². The monoisotopic (exact) mass is 453 g/mol. The van der Waals surface area contributed by atoms with E-state index < -0.39 is 5.97 Å². The smallest absolute Gasteiger partial charge is 0.363 e. The van der Waals surface area contributed by atoms with Crippen LogP contribution in [-0.4, -0.2) is 11.9 Å². The van der Waals surface area contributed by atoms with Crippen molar-refractivity contribution in [1.29, 1.82) is 0 Å². The highest BCUT2D eigenvalue weighted by Crippen LogP contribution is 2.24. The van der Waals surface area contributed by atoms with E-state index in [0.717, 1.165) is 19.2 Å². The summed E-state index contributed by atoms with van der Waals surface area (Å²) in [4.78, 5) is 16.2. The number of aliphatic imine (C=N–C) groups is 1. The SMILES string of the molecule is O=C1OC(c2ccccc2Br)=NC1=Cc1cccc(I)c1. The van der Waals surface area contributed by atoms with E-state index in [1.54, 1.807) is 6.08 Å². The molecule has 1 heterocycles. The number of rotatable bonds is 2. The lowest BCUT2D eigenvalue weighted by Gasteiger charge is -2.01. The number of hydrogen-bond donors (Lipinski definition) is 0. The first-order chi connectivity index (χ1) is 10.1. The van der Waals surface area contributed by atoms with Crippen molar-refractivity contribution in [1.82, 2.24) is 0 Å². The average molecular weight is 454 g/mol.